The van der Waals surface area contributed by atoms with Gasteiger partial charge < -0.3 is 15.0 Å². The van der Waals surface area contributed by atoms with E-state index in [-0.39, 0.29) is 17.4 Å². The van der Waals surface area contributed by atoms with Gasteiger partial charge in [-0.15, -0.1) is 0 Å². The first-order valence-electron chi connectivity index (χ1n) is 11.9. The maximum absolute atomic E-state index is 14.5. The SMILES string of the molecule is COc1cc([C@@H](C)C(=O)N2C[C@H](C)C3(CCc4cc(-c5ncccn5)c(C)nc4N3)C2)c(F)cn1. The highest BCUT2D eigenvalue weighted by Gasteiger charge is 2.48. The Labute approximate surface area is 204 Å². The van der Waals surface area contributed by atoms with E-state index in [4.69, 9.17) is 9.72 Å². The Morgan fingerprint density at radius 1 is 1.29 bits per heavy atom. The van der Waals surface area contributed by atoms with E-state index in [0.29, 0.717) is 30.4 Å². The fourth-order valence-corrected chi connectivity index (χ4v) is 5.27. The van der Waals surface area contributed by atoms with Gasteiger partial charge in [0.1, 0.15) is 11.6 Å². The van der Waals surface area contributed by atoms with E-state index in [1.807, 2.05) is 11.8 Å². The maximum Gasteiger partial charge on any atom is 0.230 e. The van der Waals surface area contributed by atoms with Crippen molar-refractivity contribution in [1.29, 1.82) is 0 Å². The van der Waals surface area contributed by atoms with E-state index in [2.05, 4.69) is 33.3 Å². The summed E-state index contributed by atoms with van der Waals surface area (Å²) in [5, 5.41) is 3.68. The third-order valence-corrected chi connectivity index (χ3v) is 7.43. The minimum Gasteiger partial charge on any atom is -0.481 e. The second-order valence-electron chi connectivity index (χ2n) is 9.57. The number of nitrogens with one attached hydrogen (secondary N) is 1. The molecule has 35 heavy (non-hydrogen) atoms. The Morgan fingerprint density at radius 2 is 2.06 bits per heavy atom. The van der Waals surface area contributed by atoms with Crippen LogP contribution in [0.1, 0.15) is 43.0 Å². The van der Waals surface area contributed by atoms with Gasteiger partial charge in [-0.2, -0.15) is 0 Å². The number of methoxy groups -OCH3 is 1. The molecule has 3 aromatic heterocycles. The number of aryl methyl sites for hydroxylation is 2. The summed E-state index contributed by atoms with van der Waals surface area (Å²) in [4.78, 5) is 32.8. The predicted molar refractivity (Wildman–Crippen MR) is 130 cm³/mol. The maximum atomic E-state index is 14.5. The van der Waals surface area contributed by atoms with Crippen molar-refractivity contribution < 1.29 is 13.9 Å². The highest BCUT2D eigenvalue weighted by atomic mass is 19.1. The van der Waals surface area contributed by atoms with Gasteiger partial charge in [-0.05, 0) is 50.3 Å². The standard InChI is InChI=1S/C26H29FN6O2/c1-15-13-33(25(34)16(2)19-11-22(35-4)30-12-21(19)27)14-26(15)7-6-18-10-20(17(3)31-23(18)32-26)24-28-8-5-9-29-24/h5,8-12,15-16H,6-7,13-14H2,1-4H3,(H,31,32)/t15-,16+,26?/m0/s1. The summed E-state index contributed by atoms with van der Waals surface area (Å²) in [7, 11) is 1.47. The zero-order chi connectivity index (χ0) is 24.7. The number of likely N-dealkylation sites (tertiary alicyclic amines) is 1. The van der Waals surface area contributed by atoms with E-state index in [1.54, 1.807) is 25.4 Å². The Balaban J connectivity index is 1.37. The van der Waals surface area contributed by atoms with Gasteiger partial charge in [0, 0.05) is 42.7 Å². The Bertz CT molecular complexity index is 1270. The van der Waals surface area contributed by atoms with Crippen molar-refractivity contribution in [2.75, 3.05) is 25.5 Å². The molecule has 0 saturated carbocycles. The lowest BCUT2D eigenvalue weighted by Crippen LogP contribution is -2.49. The molecule has 2 aliphatic rings. The zero-order valence-corrected chi connectivity index (χ0v) is 20.4. The van der Waals surface area contributed by atoms with Crippen molar-refractivity contribution in [3.8, 4) is 17.3 Å². The van der Waals surface area contributed by atoms with Crippen LogP contribution in [0.4, 0.5) is 10.2 Å². The first-order valence-corrected chi connectivity index (χ1v) is 11.9. The number of amides is 1. The van der Waals surface area contributed by atoms with Gasteiger partial charge in [-0.3, -0.25) is 4.79 Å². The molecule has 8 nitrogen and oxygen atoms in total. The van der Waals surface area contributed by atoms with Crippen LogP contribution in [0.3, 0.4) is 0 Å². The number of hydrogen-bond donors (Lipinski definition) is 1. The van der Waals surface area contributed by atoms with Crippen LogP contribution >= 0.6 is 0 Å². The molecule has 0 radical (unpaired) electrons. The predicted octanol–water partition coefficient (Wildman–Crippen LogP) is 3.77. The van der Waals surface area contributed by atoms with Crippen molar-refractivity contribution in [3.05, 3.63) is 59.4 Å². The normalized spacial score (nSPS) is 22.0. The van der Waals surface area contributed by atoms with Crippen LogP contribution in [-0.4, -0.2) is 56.5 Å². The van der Waals surface area contributed by atoms with Crippen LogP contribution in [0.15, 0.2) is 36.8 Å². The lowest BCUT2D eigenvalue weighted by molar-refractivity contribution is -0.131. The van der Waals surface area contributed by atoms with Crippen molar-refractivity contribution in [3.63, 3.8) is 0 Å². The highest BCUT2D eigenvalue weighted by molar-refractivity contribution is 5.84. The largest absolute Gasteiger partial charge is 0.481 e. The minimum absolute atomic E-state index is 0.103. The van der Waals surface area contributed by atoms with Crippen molar-refractivity contribution in [1.82, 2.24) is 24.8 Å². The van der Waals surface area contributed by atoms with Crippen LogP contribution in [0.25, 0.3) is 11.4 Å². The van der Waals surface area contributed by atoms with Crippen LogP contribution in [0, 0.1) is 18.7 Å². The van der Waals surface area contributed by atoms with E-state index >= 15 is 0 Å². The Kier molecular flexibility index (Phi) is 5.86. The van der Waals surface area contributed by atoms with Gasteiger partial charge in [-0.1, -0.05) is 6.92 Å². The molecule has 1 fully saturated rings. The molecule has 3 aromatic rings. The molecular formula is C26H29FN6O2. The van der Waals surface area contributed by atoms with Crippen LogP contribution in [0.5, 0.6) is 5.88 Å². The van der Waals surface area contributed by atoms with E-state index < -0.39 is 11.7 Å². The fourth-order valence-electron chi connectivity index (χ4n) is 5.27. The van der Waals surface area contributed by atoms with Gasteiger partial charge >= 0.3 is 0 Å². The molecule has 182 valence electrons. The Morgan fingerprint density at radius 3 is 2.80 bits per heavy atom. The Hall–Kier alpha value is -3.62. The highest BCUT2D eigenvalue weighted by Crippen LogP contribution is 2.41. The molecule has 1 unspecified atom stereocenters. The van der Waals surface area contributed by atoms with Gasteiger partial charge in [0.25, 0.3) is 0 Å². The first kappa shape index (κ1) is 23.1. The summed E-state index contributed by atoms with van der Waals surface area (Å²) in [5.74, 6) is 0.778. The number of rotatable bonds is 4. The summed E-state index contributed by atoms with van der Waals surface area (Å²) < 4.78 is 19.6. The van der Waals surface area contributed by atoms with Crippen molar-refractivity contribution in [2.24, 2.45) is 5.92 Å². The van der Waals surface area contributed by atoms with E-state index in [1.165, 1.54) is 13.2 Å². The smallest absolute Gasteiger partial charge is 0.230 e. The summed E-state index contributed by atoms with van der Waals surface area (Å²) in [6.07, 6.45) is 6.28. The van der Waals surface area contributed by atoms with Gasteiger partial charge in [0.05, 0.1) is 30.5 Å². The lowest BCUT2D eigenvalue weighted by Gasteiger charge is -2.39. The molecule has 9 heteroatoms. The van der Waals surface area contributed by atoms with Crippen LogP contribution in [0.2, 0.25) is 0 Å². The number of aromatic nitrogens is 4. The van der Waals surface area contributed by atoms with Crippen LogP contribution < -0.4 is 10.1 Å². The molecule has 0 bridgehead atoms. The molecule has 1 amide bonds. The number of carbonyl (C=O) groups is 1. The molecule has 5 rings (SSSR count). The molecule has 0 aromatic carbocycles. The van der Waals surface area contributed by atoms with E-state index in [0.717, 1.165) is 41.7 Å². The number of fused-ring (bicyclic) bond motifs is 1. The molecule has 1 saturated heterocycles. The topological polar surface area (TPSA) is 93.1 Å². The summed E-state index contributed by atoms with van der Waals surface area (Å²) in [6, 6.07) is 5.42. The zero-order valence-electron chi connectivity index (χ0n) is 20.4. The quantitative estimate of drug-likeness (QED) is 0.613. The number of anilines is 1. The van der Waals surface area contributed by atoms with Gasteiger partial charge in [0.15, 0.2) is 5.82 Å². The average Bonchev–Trinajstić information content (AvgIpc) is 3.18. The molecular weight excluding hydrogens is 447 g/mol. The number of halogens is 1. The molecule has 1 N–H and O–H groups in total. The number of ether oxygens (including phenoxy) is 1. The van der Waals surface area contributed by atoms with Crippen molar-refractivity contribution in [2.45, 2.75) is 45.1 Å². The monoisotopic (exact) mass is 476 g/mol. The van der Waals surface area contributed by atoms with E-state index in [9.17, 15) is 9.18 Å². The first-order chi connectivity index (χ1) is 16.8. The average molecular weight is 477 g/mol. The molecule has 5 heterocycles. The number of hydrogen-bond acceptors (Lipinski definition) is 7. The summed E-state index contributed by atoms with van der Waals surface area (Å²) in [5.41, 5.74) is 2.93. The molecule has 3 atom stereocenters. The van der Waals surface area contributed by atoms with Gasteiger partial charge in [0.2, 0.25) is 11.8 Å². The number of carbonyl (C=O) groups excluding carboxylic acids is 1. The molecule has 1 spiro atoms. The second kappa shape index (κ2) is 8.87. The summed E-state index contributed by atoms with van der Waals surface area (Å²) >= 11 is 0. The van der Waals surface area contributed by atoms with Gasteiger partial charge in [-0.25, -0.2) is 24.3 Å². The van der Waals surface area contributed by atoms with Crippen molar-refractivity contribution >= 4 is 11.7 Å². The minimum atomic E-state index is -0.640. The third-order valence-electron chi connectivity index (χ3n) is 7.43. The fraction of sp³-hybridized carbons (Fsp3) is 0.423. The summed E-state index contributed by atoms with van der Waals surface area (Å²) in [6.45, 7) is 7.00. The molecule has 0 aliphatic carbocycles. The van der Waals surface area contributed by atoms with Crippen LogP contribution in [-0.2, 0) is 11.2 Å². The number of nitrogens with zero attached hydrogens (tertiary/aromatic N) is 5. The third kappa shape index (κ3) is 4.09. The lowest BCUT2D eigenvalue weighted by atomic mass is 9.80. The molecule has 2 aliphatic heterocycles. The number of pyridine rings is 2. The second-order valence-corrected chi connectivity index (χ2v) is 9.57.